The largest absolute Gasteiger partial charge is 0.480 e. The first kappa shape index (κ1) is 17.8. The lowest BCUT2D eigenvalue weighted by atomic mass is 10.1. The van der Waals surface area contributed by atoms with Gasteiger partial charge in [-0.3, -0.25) is 9.59 Å². The van der Waals surface area contributed by atoms with Crippen LogP contribution >= 0.6 is 0 Å². The van der Waals surface area contributed by atoms with Crippen molar-refractivity contribution in [3.63, 3.8) is 0 Å². The average Bonchev–Trinajstić information content (AvgIpc) is 2.81. The lowest BCUT2D eigenvalue weighted by Gasteiger charge is -2.27. The van der Waals surface area contributed by atoms with Crippen LogP contribution in [0.5, 0.6) is 0 Å². The quantitative estimate of drug-likeness (QED) is 0.832. The van der Waals surface area contributed by atoms with E-state index in [0.29, 0.717) is 0 Å². The SMILES string of the molecule is O=C(O)CNC(=O)CN1CCCN(Cc2ccccc2)c2ccccc21. The Labute approximate surface area is 153 Å². The molecule has 0 saturated carbocycles. The minimum Gasteiger partial charge on any atom is -0.480 e. The van der Waals surface area contributed by atoms with Gasteiger partial charge in [-0.05, 0) is 24.1 Å². The van der Waals surface area contributed by atoms with Gasteiger partial charge in [-0.1, -0.05) is 42.5 Å². The third kappa shape index (κ3) is 4.53. The van der Waals surface area contributed by atoms with Crippen LogP contribution in [0.3, 0.4) is 0 Å². The van der Waals surface area contributed by atoms with Crippen LogP contribution in [0.4, 0.5) is 11.4 Å². The van der Waals surface area contributed by atoms with E-state index in [0.717, 1.165) is 37.4 Å². The van der Waals surface area contributed by atoms with Crippen molar-refractivity contribution in [2.75, 3.05) is 36.0 Å². The van der Waals surface area contributed by atoms with Crippen molar-refractivity contribution in [3.8, 4) is 0 Å². The number of rotatable bonds is 6. The van der Waals surface area contributed by atoms with E-state index in [1.807, 2.05) is 41.3 Å². The molecule has 136 valence electrons. The van der Waals surface area contributed by atoms with E-state index in [-0.39, 0.29) is 19.0 Å². The maximum Gasteiger partial charge on any atom is 0.322 e. The Morgan fingerprint density at radius 2 is 1.54 bits per heavy atom. The molecule has 6 nitrogen and oxygen atoms in total. The van der Waals surface area contributed by atoms with Gasteiger partial charge in [0.05, 0.1) is 17.9 Å². The predicted molar refractivity (Wildman–Crippen MR) is 101 cm³/mol. The molecule has 0 radical (unpaired) electrons. The van der Waals surface area contributed by atoms with E-state index in [4.69, 9.17) is 5.11 Å². The van der Waals surface area contributed by atoms with Gasteiger partial charge in [0.1, 0.15) is 6.54 Å². The molecule has 0 fully saturated rings. The van der Waals surface area contributed by atoms with Crippen molar-refractivity contribution >= 4 is 23.3 Å². The topological polar surface area (TPSA) is 72.9 Å². The molecule has 1 aliphatic rings. The molecule has 2 aromatic rings. The summed E-state index contributed by atoms with van der Waals surface area (Å²) in [4.78, 5) is 27.1. The third-order valence-corrected chi connectivity index (χ3v) is 4.41. The summed E-state index contributed by atoms with van der Waals surface area (Å²) in [6, 6.07) is 18.4. The number of carbonyl (C=O) groups excluding carboxylic acids is 1. The van der Waals surface area contributed by atoms with Crippen molar-refractivity contribution < 1.29 is 14.7 Å². The number of aliphatic carboxylic acids is 1. The lowest BCUT2D eigenvalue weighted by molar-refractivity contribution is -0.137. The number of carboxylic acids is 1. The Morgan fingerprint density at radius 3 is 2.23 bits per heavy atom. The summed E-state index contributed by atoms with van der Waals surface area (Å²) >= 11 is 0. The van der Waals surface area contributed by atoms with Crippen molar-refractivity contribution in [2.24, 2.45) is 0 Å². The number of para-hydroxylation sites is 2. The highest BCUT2D eigenvalue weighted by Crippen LogP contribution is 2.32. The van der Waals surface area contributed by atoms with E-state index in [1.165, 1.54) is 5.56 Å². The molecular formula is C20H23N3O3. The summed E-state index contributed by atoms with van der Waals surface area (Å²) in [7, 11) is 0. The highest BCUT2D eigenvalue weighted by molar-refractivity contribution is 5.86. The second-order valence-electron chi connectivity index (χ2n) is 6.34. The van der Waals surface area contributed by atoms with Crippen molar-refractivity contribution in [3.05, 3.63) is 60.2 Å². The predicted octanol–water partition coefficient (Wildman–Crippen LogP) is 2.10. The summed E-state index contributed by atoms with van der Waals surface area (Å²) in [5, 5.41) is 11.1. The number of hydrogen-bond acceptors (Lipinski definition) is 4. The number of amides is 1. The summed E-state index contributed by atoms with van der Waals surface area (Å²) in [5.41, 5.74) is 3.35. The molecule has 2 aromatic carbocycles. The van der Waals surface area contributed by atoms with E-state index >= 15 is 0 Å². The number of benzene rings is 2. The third-order valence-electron chi connectivity index (χ3n) is 4.41. The van der Waals surface area contributed by atoms with E-state index in [1.54, 1.807) is 0 Å². The molecule has 0 aromatic heterocycles. The Hall–Kier alpha value is -3.02. The highest BCUT2D eigenvalue weighted by Gasteiger charge is 2.22. The van der Waals surface area contributed by atoms with Crippen LogP contribution in [-0.4, -0.2) is 43.2 Å². The van der Waals surface area contributed by atoms with Gasteiger partial charge >= 0.3 is 5.97 Å². The Bertz CT molecular complexity index is 764. The van der Waals surface area contributed by atoms with Crippen LogP contribution in [0, 0.1) is 0 Å². The second-order valence-corrected chi connectivity index (χ2v) is 6.34. The maximum atomic E-state index is 12.1. The van der Waals surface area contributed by atoms with Crippen LogP contribution in [0.1, 0.15) is 12.0 Å². The minimum absolute atomic E-state index is 0.156. The number of fused-ring (bicyclic) bond motifs is 1. The molecule has 0 bridgehead atoms. The molecule has 1 amide bonds. The van der Waals surface area contributed by atoms with Crippen LogP contribution in [0.15, 0.2) is 54.6 Å². The zero-order valence-corrected chi connectivity index (χ0v) is 14.6. The number of carboxylic acid groups (broad SMARTS) is 1. The zero-order chi connectivity index (χ0) is 18.4. The van der Waals surface area contributed by atoms with E-state index < -0.39 is 5.97 Å². The summed E-state index contributed by atoms with van der Waals surface area (Å²) in [6.45, 7) is 2.27. The van der Waals surface area contributed by atoms with Crippen LogP contribution in [0.2, 0.25) is 0 Å². The van der Waals surface area contributed by atoms with Gasteiger partial charge in [-0.2, -0.15) is 0 Å². The molecule has 0 saturated heterocycles. The summed E-state index contributed by atoms with van der Waals surface area (Å²) in [6.07, 6.45) is 0.924. The molecule has 0 spiro atoms. The van der Waals surface area contributed by atoms with Gasteiger partial charge in [0.15, 0.2) is 0 Å². The monoisotopic (exact) mass is 353 g/mol. The molecule has 0 unspecified atom stereocenters. The molecule has 0 atom stereocenters. The van der Waals surface area contributed by atoms with Gasteiger partial charge in [0, 0.05) is 19.6 Å². The number of anilines is 2. The van der Waals surface area contributed by atoms with Gasteiger partial charge in [-0.25, -0.2) is 0 Å². The van der Waals surface area contributed by atoms with Crippen LogP contribution in [-0.2, 0) is 16.1 Å². The molecule has 6 heteroatoms. The summed E-state index contributed by atoms with van der Waals surface area (Å²) in [5.74, 6) is -1.32. The molecule has 1 heterocycles. The lowest BCUT2D eigenvalue weighted by Crippen LogP contribution is -2.39. The fraction of sp³-hybridized carbons (Fsp3) is 0.300. The van der Waals surface area contributed by atoms with Crippen molar-refractivity contribution in [2.45, 2.75) is 13.0 Å². The van der Waals surface area contributed by atoms with Gasteiger partial charge in [0.25, 0.3) is 0 Å². The van der Waals surface area contributed by atoms with E-state index in [9.17, 15) is 9.59 Å². The molecular weight excluding hydrogens is 330 g/mol. The standard InChI is InChI=1S/C20H23N3O3/c24-19(21-13-20(25)26)15-23-12-6-11-22(14-16-7-2-1-3-8-16)17-9-4-5-10-18(17)23/h1-5,7-10H,6,11-15H2,(H,21,24)(H,25,26). The molecule has 1 aliphatic heterocycles. The van der Waals surface area contributed by atoms with Crippen molar-refractivity contribution in [1.29, 1.82) is 0 Å². The summed E-state index contributed by atoms with van der Waals surface area (Å²) < 4.78 is 0. The van der Waals surface area contributed by atoms with Gasteiger partial charge in [0.2, 0.25) is 5.91 Å². The first-order valence-corrected chi connectivity index (χ1v) is 8.75. The fourth-order valence-electron chi connectivity index (χ4n) is 3.23. The van der Waals surface area contributed by atoms with Crippen LogP contribution in [0.25, 0.3) is 0 Å². The Balaban J connectivity index is 1.77. The fourth-order valence-corrected chi connectivity index (χ4v) is 3.23. The highest BCUT2D eigenvalue weighted by atomic mass is 16.4. The average molecular weight is 353 g/mol. The molecule has 0 aliphatic carbocycles. The first-order valence-electron chi connectivity index (χ1n) is 8.75. The van der Waals surface area contributed by atoms with Gasteiger partial charge < -0.3 is 20.2 Å². The Morgan fingerprint density at radius 1 is 0.923 bits per heavy atom. The first-order chi connectivity index (χ1) is 12.6. The number of nitrogens with zero attached hydrogens (tertiary/aromatic N) is 2. The molecule has 26 heavy (non-hydrogen) atoms. The minimum atomic E-state index is -1.04. The number of hydrogen-bond donors (Lipinski definition) is 2. The maximum absolute atomic E-state index is 12.1. The van der Waals surface area contributed by atoms with Gasteiger partial charge in [-0.15, -0.1) is 0 Å². The second kappa shape index (κ2) is 8.38. The number of carbonyl (C=O) groups is 2. The van der Waals surface area contributed by atoms with Crippen molar-refractivity contribution in [1.82, 2.24) is 5.32 Å². The van der Waals surface area contributed by atoms with E-state index in [2.05, 4.69) is 28.4 Å². The normalized spacial score (nSPS) is 13.7. The molecule has 2 N–H and O–H groups in total. The zero-order valence-electron chi connectivity index (χ0n) is 14.6. The smallest absolute Gasteiger partial charge is 0.322 e. The molecule has 3 rings (SSSR count). The number of nitrogens with one attached hydrogen (secondary N) is 1. The van der Waals surface area contributed by atoms with Crippen LogP contribution < -0.4 is 15.1 Å². The Kier molecular flexibility index (Phi) is 5.73.